The van der Waals surface area contributed by atoms with E-state index in [4.69, 9.17) is 4.74 Å². The molecule has 1 aliphatic heterocycles. The first-order valence-electron chi connectivity index (χ1n) is 8.28. The number of benzene rings is 1. The lowest BCUT2D eigenvalue weighted by Gasteiger charge is -2.27. The molecule has 0 spiro atoms. The van der Waals surface area contributed by atoms with E-state index in [0.29, 0.717) is 0 Å². The smallest absolute Gasteiger partial charge is 0.232 e. The van der Waals surface area contributed by atoms with Gasteiger partial charge in [-0.2, -0.15) is 0 Å². The van der Waals surface area contributed by atoms with Crippen molar-refractivity contribution in [2.75, 3.05) is 31.2 Å². The number of thioether (sulfide) groups is 1. The first-order chi connectivity index (χ1) is 12.4. The molecular weight excluding hydrogens is 334 g/mol. The summed E-state index contributed by atoms with van der Waals surface area (Å²) in [4.78, 5) is 6.62. The maximum absolute atomic E-state index is 5.47. The van der Waals surface area contributed by atoms with Gasteiger partial charge in [0.05, 0.1) is 24.6 Å². The summed E-state index contributed by atoms with van der Waals surface area (Å²) in [6, 6.07) is 16.2. The van der Waals surface area contributed by atoms with E-state index in [9.17, 15) is 0 Å². The quantitative estimate of drug-likeness (QED) is 0.658. The summed E-state index contributed by atoms with van der Waals surface area (Å²) >= 11 is 1.65. The van der Waals surface area contributed by atoms with Crippen molar-refractivity contribution in [2.45, 2.75) is 10.9 Å². The first-order valence-corrected chi connectivity index (χ1v) is 9.26. The van der Waals surface area contributed by atoms with E-state index in [-0.39, 0.29) is 0 Å². The molecule has 3 heterocycles. The molecule has 7 heteroatoms. The fourth-order valence-electron chi connectivity index (χ4n) is 2.75. The van der Waals surface area contributed by atoms with Crippen molar-refractivity contribution >= 4 is 17.7 Å². The third-order valence-electron chi connectivity index (χ3n) is 4.00. The van der Waals surface area contributed by atoms with Gasteiger partial charge in [0.25, 0.3) is 0 Å². The SMILES string of the molecule is c1ccc(-n2c(SCc3ccccn3)nnc2N2CCOCC2)cc1. The topological polar surface area (TPSA) is 56.1 Å². The summed E-state index contributed by atoms with van der Waals surface area (Å²) in [7, 11) is 0. The second-order valence-corrected chi connectivity index (χ2v) is 6.61. The molecule has 0 radical (unpaired) electrons. The van der Waals surface area contributed by atoms with Crippen molar-refractivity contribution in [3.05, 3.63) is 60.4 Å². The lowest BCUT2D eigenvalue weighted by Crippen LogP contribution is -2.37. The Bertz CT molecular complexity index is 803. The molecule has 1 saturated heterocycles. The van der Waals surface area contributed by atoms with Gasteiger partial charge < -0.3 is 9.64 Å². The number of anilines is 1. The summed E-state index contributed by atoms with van der Waals surface area (Å²) in [5.74, 6) is 1.63. The monoisotopic (exact) mass is 353 g/mol. The van der Waals surface area contributed by atoms with Gasteiger partial charge in [-0.3, -0.25) is 9.55 Å². The highest BCUT2D eigenvalue weighted by Gasteiger charge is 2.21. The minimum Gasteiger partial charge on any atom is -0.378 e. The van der Waals surface area contributed by atoms with Crippen molar-refractivity contribution in [3.63, 3.8) is 0 Å². The zero-order chi connectivity index (χ0) is 16.9. The van der Waals surface area contributed by atoms with Crippen LogP contribution in [0.4, 0.5) is 5.95 Å². The van der Waals surface area contributed by atoms with E-state index in [0.717, 1.165) is 54.5 Å². The van der Waals surface area contributed by atoms with Gasteiger partial charge in [0.2, 0.25) is 5.95 Å². The summed E-state index contributed by atoms with van der Waals surface area (Å²) in [6.45, 7) is 3.10. The van der Waals surface area contributed by atoms with Crippen LogP contribution in [0.2, 0.25) is 0 Å². The van der Waals surface area contributed by atoms with Crippen LogP contribution in [0.1, 0.15) is 5.69 Å². The van der Waals surface area contributed by atoms with Crippen LogP contribution in [0.15, 0.2) is 59.9 Å². The Labute approximate surface area is 150 Å². The van der Waals surface area contributed by atoms with E-state index in [1.54, 1.807) is 11.8 Å². The molecule has 0 unspecified atom stereocenters. The minimum absolute atomic E-state index is 0.720. The fourth-order valence-corrected chi connectivity index (χ4v) is 3.61. The largest absolute Gasteiger partial charge is 0.378 e. The maximum atomic E-state index is 5.47. The van der Waals surface area contributed by atoms with E-state index in [1.165, 1.54) is 0 Å². The highest BCUT2D eigenvalue weighted by atomic mass is 32.2. The molecule has 0 saturated carbocycles. The second-order valence-electron chi connectivity index (χ2n) is 5.66. The molecule has 25 heavy (non-hydrogen) atoms. The van der Waals surface area contributed by atoms with Crippen molar-refractivity contribution in [1.82, 2.24) is 19.7 Å². The standard InChI is InChI=1S/C18H19N5OS/c1-2-7-16(8-3-1)23-17(22-10-12-24-13-11-22)20-21-18(23)25-14-15-6-4-5-9-19-15/h1-9H,10-14H2. The molecule has 0 amide bonds. The van der Waals surface area contributed by atoms with Gasteiger partial charge in [0.15, 0.2) is 5.16 Å². The Morgan fingerprint density at radius 2 is 1.76 bits per heavy atom. The highest BCUT2D eigenvalue weighted by molar-refractivity contribution is 7.98. The molecule has 128 valence electrons. The number of ether oxygens (including phenoxy) is 1. The van der Waals surface area contributed by atoms with Crippen LogP contribution in [0.25, 0.3) is 5.69 Å². The minimum atomic E-state index is 0.720. The van der Waals surface area contributed by atoms with Crippen molar-refractivity contribution in [1.29, 1.82) is 0 Å². The zero-order valence-electron chi connectivity index (χ0n) is 13.8. The van der Waals surface area contributed by atoms with E-state index < -0.39 is 0 Å². The van der Waals surface area contributed by atoms with Gasteiger partial charge in [0.1, 0.15) is 0 Å². The lowest BCUT2D eigenvalue weighted by molar-refractivity contribution is 0.122. The Morgan fingerprint density at radius 3 is 2.52 bits per heavy atom. The maximum Gasteiger partial charge on any atom is 0.232 e. The predicted octanol–water partition coefficient (Wildman–Crippen LogP) is 2.79. The number of hydrogen-bond donors (Lipinski definition) is 0. The summed E-state index contributed by atoms with van der Waals surface area (Å²) in [5, 5.41) is 9.79. The van der Waals surface area contributed by atoms with Crippen LogP contribution in [0.3, 0.4) is 0 Å². The van der Waals surface area contributed by atoms with Crippen molar-refractivity contribution in [2.24, 2.45) is 0 Å². The van der Waals surface area contributed by atoms with Crippen LogP contribution in [-0.4, -0.2) is 46.1 Å². The van der Waals surface area contributed by atoms with Crippen LogP contribution in [0, 0.1) is 0 Å². The number of aromatic nitrogens is 4. The average molecular weight is 353 g/mol. The van der Waals surface area contributed by atoms with E-state index in [2.05, 4.69) is 36.8 Å². The lowest BCUT2D eigenvalue weighted by atomic mass is 10.3. The van der Waals surface area contributed by atoms with Gasteiger partial charge in [-0.25, -0.2) is 0 Å². The summed E-state index contributed by atoms with van der Waals surface area (Å²) in [5.41, 5.74) is 2.10. The highest BCUT2D eigenvalue weighted by Crippen LogP contribution is 2.28. The molecular formula is C18H19N5OS. The Kier molecular flexibility index (Phi) is 4.94. The zero-order valence-corrected chi connectivity index (χ0v) is 14.6. The molecule has 0 atom stereocenters. The molecule has 6 nitrogen and oxygen atoms in total. The molecule has 3 aromatic rings. The number of rotatable bonds is 5. The molecule has 0 bridgehead atoms. The Morgan fingerprint density at radius 1 is 0.960 bits per heavy atom. The number of para-hydroxylation sites is 1. The van der Waals surface area contributed by atoms with Gasteiger partial charge in [-0.15, -0.1) is 10.2 Å². The molecule has 1 aliphatic rings. The normalized spacial score (nSPS) is 14.6. The van der Waals surface area contributed by atoms with E-state index in [1.807, 2.05) is 42.6 Å². The van der Waals surface area contributed by atoms with Crippen LogP contribution < -0.4 is 4.90 Å². The van der Waals surface area contributed by atoms with Gasteiger partial charge >= 0.3 is 0 Å². The van der Waals surface area contributed by atoms with Crippen LogP contribution in [0.5, 0.6) is 0 Å². The number of morpholine rings is 1. The summed E-state index contributed by atoms with van der Waals surface area (Å²) < 4.78 is 7.59. The predicted molar refractivity (Wildman–Crippen MR) is 98.2 cm³/mol. The second kappa shape index (κ2) is 7.67. The molecule has 4 rings (SSSR count). The summed E-state index contributed by atoms with van der Waals surface area (Å²) in [6.07, 6.45) is 1.82. The van der Waals surface area contributed by atoms with Crippen LogP contribution >= 0.6 is 11.8 Å². The van der Waals surface area contributed by atoms with E-state index >= 15 is 0 Å². The Balaban J connectivity index is 1.65. The number of hydrogen-bond acceptors (Lipinski definition) is 6. The molecule has 1 aromatic carbocycles. The third-order valence-corrected chi connectivity index (χ3v) is 4.96. The molecule has 0 aliphatic carbocycles. The Hall–Kier alpha value is -2.38. The fraction of sp³-hybridized carbons (Fsp3) is 0.278. The van der Waals surface area contributed by atoms with Gasteiger partial charge in [-0.05, 0) is 24.3 Å². The number of nitrogens with zero attached hydrogens (tertiary/aromatic N) is 5. The van der Waals surface area contributed by atoms with Gasteiger partial charge in [0, 0.05) is 25.0 Å². The third kappa shape index (κ3) is 3.67. The van der Waals surface area contributed by atoms with Gasteiger partial charge in [-0.1, -0.05) is 36.0 Å². The van der Waals surface area contributed by atoms with Crippen molar-refractivity contribution in [3.8, 4) is 5.69 Å². The first kappa shape index (κ1) is 16.1. The van der Waals surface area contributed by atoms with Crippen molar-refractivity contribution < 1.29 is 4.74 Å². The number of pyridine rings is 1. The van der Waals surface area contributed by atoms with Crippen LogP contribution in [-0.2, 0) is 10.5 Å². The molecule has 1 fully saturated rings. The average Bonchev–Trinajstić information content (AvgIpc) is 3.12. The molecule has 2 aromatic heterocycles. The molecule has 0 N–H and O–H groups in total.